The first kappa shape index (κ1) is 10.3. The lowest BCUT2D eigenvalue weighted by atomic mass is 10.1. The lowest BCUT2D eigenvalue weighted by Crippen LogP contribution is -2.55. The summed E-state index contributed by atoms with van der Waals surface area (Å²) in [4.78, 5) is 10.4. The van der Waals surface area contributed by atoms with E-state index in [4.69, 9.17) is 0 Å². The first-order valence-electron chi connectivity index (χ1n) is 5.20. The standard InChI is InChI=1S/C10H15FN4/c11-3-1-6-15-7-9(8-15)14-10-12-4-2-5-13-10/h2,4-5,9H,1,3,6-8H2,(H,12,13,14). The zero-order chi connectivity index (χ0) is 10.5. The maximum atomic E-state index is 11.9. The van der Waals surface area contributed by atoms with E-state index in [9.17, 15) is 4.39 Å². The fourth-order valence-corrected chi connectivity index (χ4v) is 1.68. The monoisotopic (exact) mass is 210 g/mol. The van der Waals surface area contributed by atoms with Crippen LogP contribution in [-0.2, 0) is 0 Å². The number of alkyl halides is 1. The first-order chi connectivity index (χ1) is 7.38. The molecule has 0 radical (unpaired) electrons. The molecule has 0 bridgehead atoms. The molecule has 1 aromatic rings. The number of nitrogens with zero attached hydrogens (tertiary/aromatic N) is 3. The van der Waals surface area contributed by atoms with Gasteiger partial charge in [-0.05, 0) is 12.5 Å². The van der Waals surface area contributed by atoms with Crippen molar-refractivity contribution in [2.45, 2.75) is 12.5 Å². The summed E-state index contributed by atoms with van der Waals surface area (Å²) in [5.41, 5.74) is 0. The Bertz CT molecular complexity index is 287. The van der Waals surface area contributed by atoms with Crippen LogP contribution in [0.1, 0.15) is 6.42 Å². The number of aromatic nitrogens is 2. The number of rotatable bonds is 5. The molecule has 0 amide bonds. The Labute approximate surface area is 88.5 Å². The summed E-state index contributed by atoms with van der Waals surface area (Å²) in [6.45, 7) is 2.54. The van der Waals surface area contributed by atoms with E-state index in [0.29, 0.717) is 18.4 Å². The molecule has 5 heteroatoms. The average molecular weight is 210 g/mol. The maximum absolute atomic E-state index is 11.9. The fourth-order valence-electron chi connectivity index (χ4n) is 1.68. The molecule has 1 saturated heterocycles. The SMILES string of the molecule is FCCCN1CC(Nc2ncccn2)C1. The van der Waals surface area contributed by atoms with Gasteiger partial charge in [-0.15, -0.1) is 0 Å². The number of nitrogens with one attached hydrogen (secondary N) is 1. The number of hydrogen-bond acceptors (Lipinski definition) is 4. The fraction of sp³-hybridized carbons (Fsp3) is 0.600. The Balaban J connectivity index is 1.68. The molecular weight excluding hydrogens is 195 g/mol. The molecule has 15 heavy (non-hydrogen) atoms. The minimum atomic E-state index is -0.226. The third-order valence-electron chi connectivity index (χ3n) is 2.46. The lowest BCUT2D eigenvalue weighted by molar-refractivity contribution is 0.155. The third-order valence-corrected chi connectivity index (χ3v) is 2.46. The van der Waals surface area contributed by atoms with Gasteiger partial charge in [0.2, 0.25) is 5.95 Å². The summed E-state index contributed by atoms with van der Waals surface area (Å²) in [5.74, 6) is 0.674. The highest BCUT2D eigenvalue weighted by Gasteiger charge is 2.26. The van der Waals surface area contributed by atoms with Crippen molar-refractivity contribution in [1.29, 1.82) is 0 Å². The number of halogens is 1. The van der Waals surface area contributed by atoms with E-state index in [1.165, 1.54) is 0 Å². The molecule has 1 aliphatic rings. The van der Waals surface area contributed by atoms with Crippen LogP contribution >= 0.6 is 0 Å². The van der Waals surface area contributed by atoms with E-state index in [1.54, 1.807) is 18.5 Å². The van der Waals surface area contributed by atoms with Gasteiger partial charge in [0.25, 0.3) is 0 Å². The molecule has 0 aliphatic carbocycles. The van der Waals surface area contributed by atoms with Crippen LogP contribution in [0.3, 0.4) is 0 Å². The molecule has 0 atom stereocenters. The number of hydrogen-bond donors (Lipinski definition) is 1. The topological polar surface area (TPSA) is 41.0 Å². The van der Waals surface area contributed by atoms with Gasteiger partial charge in [0.15, 0.2) is 0 Å². The summed E-state index contributed by atoms with van der Waals surface area (Å²) in [5, 5.41) is 3.23. The third kappa shape index (κ3) is 2.86. The molecule has 0 saturated carbocycles. The molecule has 0 spiro atoms. The van der Waals surface area contributed by atoms with Gasteiger partial charge in [-0.1, -0.05) is 0 Å². The van der Waals surface area contributed by atoms with Crippen LogP contribution in [0.2, 0.25) is 0 Å². The summed E-state index contributed by atoms with van der Waals surface area (Å²) < 4.78 is 11.9. The van der Waals surface area contributed by atoms with Gasteiger partial charge in [-0.3, -0.25) is 9.29 Å². The van der Waals surface area contributed by atoms with Crippen molar-refractivity contribution < 1.29 is 4.39 Å². The molecule has 82 valence electrons. The molecule has 0 aromatic carbocycles. The zero-order valence-corrected chi connectivity index (χ0v) is 8.56. The predicted molar refractivity (Wildman–Crippen MR) is 56.5 cm³/mol. The summed E-state index contributed by atoms with van der Waals surface area (Å²) in [7, 11) is 0. The highest BCUT2D eigenvalue weighted by molar-refractivity contribution is 5.26. The molecule has 2 rings (SSSR count). The molecule has 4 nitrogen and oxygen atoms in total. The summed E-state index contributed by atoms with van der Waals surface area (Å²) in [6, 6.07) is 2.20. The Morgan fingerprint density at radius 1 is 1.40 bits per heavy atom. The van der Waals surface area contributed by atoms with Gasteiger partial charge < -0.3 is 5.32 Å². The van der Waals surface area contributed by atoms with E-state index >= 15 is 0 Å². The second kappa shape index (κ2) is 5.02. The molecule has 1 fully saturated rings. The van der Waals surface area contributed by atoms with Crippen molar-refractivity contribution in [3.8, 4) is 0 Å². The molecule has 1 aliphatic heterocycles. The highest BCUT2D eigenvalue weighted by atomic mass is 19.1. The van der Waals surface area contributed by atoms with E-state index < -0.39 is 0 Å². The summed E-state index contributed by atoms with van der Waals surface area (Å²) in [6.07, 6.45) is 4.07. The number of anilines is 1. The van der Waals surface area contributed by atoms with Crippen molar-refractivity contribution in [3.05, 3.63) is 18.5 Å². The normalized spacial score (nSPS) is 17.4. The first-order valence-corrected chi connectivity index (χ1v) is 5.20. The van der Waals surface area contributed by atoms with Crippen molar-refractivity contribution in [2.75, 3.05) is 31.6 Å². The predicted octanol–water partition coefficient (Wildman–Crippen LogP) is 0.932. The van der Waals surface area contributed by atoms with Crippen LogP contribution in [0.4, 0.5) is 10.3 Å². The largest absolute Gasteiger partial charge is 0.349 e. The Morgan fingerprint density at radius 2 is 2.13 bits per heavy atom. The van der Waals surface area contributed by atoms with Crippen molar-refractivity contribution in [2.24, 2.45) is 0 Å². The molecule has 0 unspecified atom stereocenters. The van der Waals surface area contributed by atoms with Crippen LogP contribution in [0.5, 0.6) is 0 Å². The van der Waals surface area contributed by atoms with Gasteiger partial charge in [-0.2, -0.15) is 0 Å². The Morgan fingerprint density at radius 3 is 2.80 bits per heavy atom. The van der Waals surface area contributed by atoms with Gasteiger partial charge in [0.1, 0.15) is 0 Å². The molecule has 1 aromatic heterocycles. The van der Waals surface area contributed by atoms with Crippen molar-refractivity contribution in [3.63, 3.8) is 0 Å². The van der Waals surface area contributed by atoms with Gasteiger partial charge >= 0.3 is 0 Å². The molecule has 1 N–H and O–H groups in total. The van der Waals surface area contributed by atoms with E-state index in [2.05, 4.69) is 20.2 Å². The average Bonchev–Trinajstić information content (AvgIpc) is 2.23. The smallest absolute Gasteiger partial charge is 0.222 e. The van der Waals surface area contributed by atoms with E-state index in [1.807, 2.05) is 0 Å². The van der Waals surface area contributed by atoms with Crippen LogP contribution in [-0.4, -0.2) is 47.2 Å². The van der Waals surface area contributed by atoms with Crippen LogP contribution in [0, 0.1) is 0 Å². The summed E-state index contributed by atoms with van der Waals surface area (Å²) >= 11 is 0. The Hall–Kier alpha value is -1.23. The zero-order valence-electron chi connectivity index (χ0n) is 8.56. The van der Waals surface area contributed by atoms with Gasteiger partial charge in [0.05, 0.1) is 12.7 Å². The van der Waals surface area contributed by atoms with Crippen LogP contribution in [0.25, 0.3) is 0 Å². The maximum Gasteiger partial charge on any atom is 0.222 e. The minimum absolute atomic E-state index is 0.226. The lowest BCUT2D eigenvalue weighted by Gasteiger charge is -2.39. The second-order valence-corrected chi connectivity index (χ2v) is 3.72. The van der Waals surface area contributed by atoms with Crippen molar-refractivity contribution >= 4 is 5.95 Å². The van der Waals surface area contributed by atoms with E-state index in [0.717, 1.165) is 19.6 Å². The number of likely N-dealkylation sites (tertiary alicyclic amines) is 1. The van der Waals surface area contributed by atoms with Gasteiger partial charge in [-0.25, -0.2) is 9.97 Å². The molecular formula is C10H15FN4. The van der Waals surface area contributed by atoms with Crippen LogP contribution < -0.4 is 5.32 Å². The second-order valence-electron chi connectivity index (χ2n) is 3.72. The van der Waals surface area contributed by atoms with Crippen molar-refractivity contribution in [1.82, 2.24) is 14.9 Å². The minimum Gasteiger partial charge on any atom is -0.349 e. The Kier molecular flexibility index (Phi) is 3.45. The van der Waals surface area contributed by atoms with E-state index in [-0.39, 0.29) is 6.67 Å². The van der Waals surface area contributed by atoms with Crippen LogP contribution in [0.15, 0.2) is 18.5 Å². The van der Waals surface area contributed by atoms with Gasteiger partial charge in [0, 0.05) is 32.0 Å². The quantitative estimate of drug-likeness (QED) is 0.785. The molecule has 2 heterocycles. The highest BCUT2D eigenvalue weighted by Crippen LogP contribution is 2.11.